The molecule has 0 spiro atoms. The number of furan rings is 1. The zero-order valence-electron chi connectivity index (χ0n) is 35.7. The van der Waals surface area contributed by atoms with Crippen LogP contribution in [0, 0.1) is 0 Å². The van der Waals surface area contributed by atoms with Gasteiger partial charge < -0.3 is 18.4 Å². The van der Waals surface area contributed by atoms with Crippen molar-refractivity contribution in [1.82, 2.24) is 4.57 Å². The number of hydrogen-bond donors (Lipinski definition) is 0. The summed E-state index contributed by atoms with van der Waals surface area (Å²) in [5.41, 5.74) is 11.3. The lowest BCUT2D eigenvalue weighted by Gasteiger charge is -2.37. The Morgan fingerprint density at radius 3 is 1.68 bits per heavy atom. The average molecular weight is 860 g/mol. The Bertz CT molecular complexity index is 3750. The van der Waals surface area contributed by atoms with Crippen molar-refractivity contribution in [1.29, 1.82) is 0 Å². The van der Waals surface area contributed by atoms with E-state index in [4.69, 9.17) is 13.8 Å². The van der Waals surface area contributed by atoms with Crippen LogP contribution in [0.2, 0.25) is 0 Å². The fraction of sp³-hybridized carbons (Fsp3) is 0. The fourth-order valence-electron chi connectivity index (χ4n) is 11.2. The van der Waals surface area contributed by atoms with Gasteiger partial charge in [0, 0.05) is 49.7 Å². The molecule has 10 aromatic carbocycles. The third-order valence-electron chi connectivity index (χ3n) is 14.0. The number of para-hydroxylation sites is 4. The van der Waals surface area contributed by atoms with E-state index in [2.05, 4.69) is 223 Å². The van der Waals surface area contributed by atoms with Crippen LogP contribution < -0.4 is 41.1 Å². The molecule has 4 nitrogen and oxygen atoms in total. The number of ether oxygens (including phenoxy) is 1. The van der Waals surface area contributed by atoms with Gasteiger partial charge in [0.05, 0.1) is 16.7 Å². The molecule has 6 heteroatoms. The number of benzene rings is 10. The molecule has 2 aromatic heterocycles. The van der Waals surface area contributed by atoms with Gasteiger partial charge in [-0.3, -0.25) is 0 Å². The van der Waals surface area contributed by atoms with E-state index >= 15 is 0 Å². The van der Waals surface area contributed by atoms with E-state index in [-0.39, 0.29) is 0 Å². The number of fused-ring (bicyclic) bond motifs is 10. The van der Waals surface area contributed by atoms with Crippen molar-refractivity contribution in [3.8, 4) is 45.2 Å². The van der Waals surface area contributed by atoms with Crippen LogP contribution in [0.25, 0.3) is 71.7 Å². The Kier molecular flexibility index (Phi) is 8.06. The molecule has 0 saturated heterocycles. The van der Waals surface area contributed by atoms with E-state index in [1.165, 1.54) is 31.5 Å². The van der Waals surface area contributed by atoms with E-state index < -0.39 is 15.0 Å². The lowest BCUT2D eigenvalue weighted by Crippen LogP contribution is -2.75. The number of nitrogens with zero attached hydrogens (tertiary/aromatic N) is 1. The van der Waals surface area contributed by atoms with Gasteiger partial charge >= 0.3 is 6.92 Å². The molecule has 0 saturated carbocycles. The van der Waals surface area contributed by atoms with Crippen molar-refractivity contribution < 1.29 is 13.8 Å². The molecule has 0 radical (unpaired) electrons. The maximum atomic E-state index is 7.34. The van der Waals surface area contributed by atoms with Crippen LogP contribution in [0.1, 0.15) is 0 Å². The Labute approximate surface area is 382 Å². The first kappa shape index (κ1) is 37.1. The monoisotopic (exact) mass is 859 g/mol. The molecule has 2 aliphatic heterocycles. The van der Waals surface area contributed by atoms with Crippen LogP contribution in [-0.4, -0.2) is 19.6 Å². The summed E-state index contributed by atoms with van der Waals surface area (Å²) in [4.78, 5) is 0. The van der Waals surface area contributed by atoms with Gasteiger partial charge in [-0.05, 0) is 68.3 Å². The topological polar surface area (TPSA) is 36.5 Å². The molecule has 12 aromatic rings. The van der Waals surface area contributed by atoms with Gasteiger partial charge in [0.15, 0.2) is 8.07 Å². The van der Waals surface area contributed by atoms with Crippen LogP contribution in [0.4, 0.5) is 0 Å². The molecular weight excluding hydrogens is 822 g/mol. The first-order chi connectivity index (χ1) is 32.7. The van der Waals surface area contributed by atoms with Gasteiger partial charge in [-0.15, -0.1) is 0 Å². The normalized spacial score (nSPS) is 12.8. The zero-order valence-corrected chi connectivity index (χ0v) is 36.7. The number of rotatable bonds is 6. The third-order valence-corrected chi connectivity index (χ3v) is 18.8. The van der Waals surface area contributed by atoms with Crippen LogP contribution in [-0.2, 0) is 0 Å². The minimum Gasteiger partial charge on any atom is -0.551 e. The molecule has 0 bridgehead atoms. The van der Waals surface area contributed by atoms with Crippen molar-refractivity contribution in [2.24, 2.45) is 0 Å². The third kappa shape index (κ3) is 5.33. The number of hydrogen-bond acceptors (Lipinski definition) is 3. The minimum absolute atomic E-state index is 0.411. The zero-order chi connectivity index (χ0) is 43.3. The lowest BCUT2D eigenvalue weighted by atomic mass is 9.51. The fourth-order valence-corrected chi connectivity index (χ4v) is 15.9. The summed E-state index contributed by atoms with van der Waals surface area (Å²) in [5, 5.41) is 9.81. The summed E-state index contributed by atoms with van der Waals surface area (Å²) >= 11 is 0. The highest BCUT2D eigenvalue weighted by Gasteiger charge is 2.45. The summed E-state index contributed by atoms with van der Waals surface area (Å²) in [5.74, 6) is 2.43. The highest BCUT2D eigenvalue weighted by Crippen LogP contribution is 2.45. The second-order valence-electron chi connectivity index (χ2n) is 17.5. The molecule has 66 heavy (non-hydrogen) atoms. The molecule has 4 heterocycles. The Hall–Kier alpha value is -8.32. The highest BCUT2D eigenvalue weighted by molar-refractivity contribution is 7.20. The Morgan fingerprint density at radius 2 is 1.00 bits per heavy atom. The molecule has 0 atom stereocenters. The number of aromatic nitrogens is 1. The summed E-state index contributed by atoms with van der Waals surface area (Å²) in [6, 6.07) is 83.3. The smallest absolute Gasteiger partial charge is 0.434 e. The van der Waals surface area contributed by atoms with Crippen molar-refractivity contribution in [2.45, 2.75) is 0 Å². The van der Waals surface area contributed by atoms with Crippen molar-refractivity contribution >= 4 is 90.4 Å². The maximum Gasteiger partial charge on any atom is 0.434 e. The predicted molar refractivity (Wildman–Crippen MR) is 275 cm³/mol. The van der Waals surface area contributed by atoms with Gasteiger partial charge in [0.2, 0.25) is 0 Å². The quantitative estimate of drug-likeness (QED) is 0.123. The molecule has 0 N–H and O–H groups in total. The summed E-state index contributed by atoms with van der Waals surface area (Å²) in [6.07, 6.45) is 0. The van der Waals surface area contributed by atoms with Gasteiger partial charge in [-0.2, -0.15) is 0 Å². The van der Waals surface area contributed by atoms with E-state index in [1.807, 2.05) is 12.1 Å². The van der Waals surface area contributed by atoms with E-state index in [0.717, 1.165) is 89.1 Å². The highest BCUT2D eigenvalue weighted by atomic mass is 28.3. The first-order valence-electron chi connectivity index (χ1n) is 22.6. The Morgan fingerprint density at radius 1 is 0.394 bits per heavy atom. The molecule has 0 aliphatic carbocycles. The average Bonchev–Trinajstić information content (AvgIpc) is 3.93. The molecule has 308 valence electrons. The molecule has 0 amide bonds. The molecular formula is C60H38BNO3Si. The van der Waals surface area contributed by atoms with E-state index in [1.54, 1.807) is 0 Å². The summed E-state index contributed by atoms with van der Waals surface area (Å²) in [7, 11) is -2.87. The second kappa shape index (κ2) is 14.3. The molecule has 14 rings (SSSR count). The van der Waals surface area contributed by atoms with Crippen LogP contribution >= 0.6 is 0 Å². The van der Waals surface area contributed by atoms with Crippen LogP contribution in [0.15, 0.2) is 235 Å². The van der Waals surface area contributed by atoms with Gasteiger partial charge in [-0.1, -0.05) is 188 Å². The van der Waals surface area contributed by atoms with E-state index in [0.29, 0.717) is 0 Å². The van der Waals surface area contributed by atoms with Crippen molar-refractivity contribution in [3.63, 3.8) is 0 Å². The van der Waals surface area contributed by atoms with Crippen LogP contribution in [0.5, 0.6) is 17.2 Å². The van der Waals surface area contributed by atoms with Crippen molar-refractivity contribution in [2.75, 3.05) is 0 Å². The van der Waals surface area contributed by atoms with Crippen LogP contribution in [0.3, 0.4) is 0 Å². The Balaban J connectivity index is 1.01. The van der Waals surface area contributed by atoms with Gasteiger partial charge in [0.1, 0.15) is 28.4 Å². The van der Waals surface area contributed by atoms with E-state index in [9.17, 15) is 0 Å². The SMILES string of the molecule is c1ccc([Si](c2ccccc2)(c2ccccc2)c2ccc3c(c2)Oc2cc(-n4c5ccccc5c5ccccc54)cc4c2B3Oc2cc(-c3cccc5c3oc3ccccc35)ccc2-4)cc1. The minimum atomic E-state index is -2.87. The summed E-state index contributed by atoms with van der Waals surface area (Å²) < 4.78 is 23.6. The lowest BCUT2D eigenvalue weighted by molar-refractivity contribution is 0.479. The molecule has 2 aliphatic rings. The second-order valence-corrected chi connectivity index (χ2v) is 21.3. The standard InChI is InChI=1S/C60H38BNO3Si/c1-4-17-41(18-5-1)66(42-19-6-2-7-20-42,43-21-8-3-9-22-43)44-32-34-52-57(38-44)63-58-37-40(62-53-28-13-10-23-46(53)47-24-11-14-29-54(47)62)36-51-49-33-31-39(35-56(49)65-61(52)59(51)58)45-26-16-27-50-48-25-12-15-30-55(48)64-60(45)50/h1-38H. The van der Waals surface area contributed by atoms with Gasteiger partial charge in [-0.25, -0.2) is 0 Å². The largest absolute Gasteiger partial charge is 0.551 e. The maximum absolute atomic E-state index is 7.34. The molecule has 0 fully saturated rings. The molecule has 0 unspecified atom stereocenters. The first-order valence-corrected chi connectivity index (χ1v) is 24.6. The predicted octanol–water partition coefficient (Wildman–Crippen LogP) is 11.0. The summed E-state index contributed by atoms with van der Waals surface area (Å²) in [6.45, 7) is -0.411. The van der Waals surface area contributed by atoms with Crippen molar-refractivity contribution in [3.05, 3.63) is 231 Å². The van der Waals surface area contributed by atoms with Gasteiger partial charge in [0.25, 0.3) is 0 Å².